The van der Waals surface area contributed by atoms with Crippen LogP contribution in [0.5, 0.6) is 0 Å². The first-order chi connectivity index (χ1) is 3.18. The zero-order chi connectivity index (χ0) is 5.86. The Bertz CT molecular complexity index is 72.1. The van der Waals surface area contributed by atoms with Gasteiger partial charge in [-0.05, 0) is 6.42 Å². The molecular formula is C4H8NO2. The lowest BCUT2D eigenvalue weighted by Crippen LogP contribution is -2.27. The minimum Gasteiger partial charge on any atom is -0.383 e. The van der Waals surface area contributed by atoms with Gasteiger partial charge >= 0.3 is 0 Å². The van der Waals surface area contributed by atoms with Crippen LogP contribution in [0.25, 0.3) is 0 Å². The van der Waals surface area contributed by atoms with E-state index in [0.29, 0.717) is 0 Å². The van der Waals surface area contributed by atoms with Gasteiger partial charge in [-0.2, -0.15) is 0 Å². The van der Waals surface area contributed by atoms with Gasteiger partial charge in [0.1, 0.15) is 6.10 Å². The maximum Gasteiger partial charge on any atom is 0.246 e. The molecule has 1 radical (unpaired) electrons. The fraction of sp³-hybridized carbons (Fsp3) is 0.500. The SMILES string of the molecule is C[CH]C(O)C(N)=O. The Balaban J connectivity index is 3.34. The molecule has 0 aromatic rings. The van der Waals surface area contributed by atoms with Crippen LogP contribution >= 0.6 is 0 Å². The molecule has 0 aliphatic rings. The summed E-state index contributed by atoms with van der Waals surface area (Å²) in [5, 5.41) is 8.41. The predicted molar refractivity (Wildman–Crippen MR) is 25.2 cm³/mol. The van der Waals surface area contributed by atoms with Gasteiger partial charge in [0.2, 0.25) is 5.91 Å². The minimum atomic E-state index is -1.08. The smallest absolute Gasteiger partial charge is 0.246 e. The third-order valence-electron chi connectivity index (χ3n) is 0.607. The monoisotopic (exact) mass is 102 g/mol. The number of aliphatic hydroxyl groups is 1. The van der Waals surface area contributed by atoms with Crippen molar-refractivity contribution in [1.29, 1.82) is 0 Å². The summed E-state index contributed by atoms with van der Waals surface area (Å²) in [6.07, 6.45) is 0.238. The topological polar surface area (TPSA) is 63.3 Å². The van der Waals surface area contributed by atoms with E-state index in [1.54, 1.807) is 6.92 Å². The molecule has 1 amide bonds. The van der Waals surface area contributed by atoms with Crippen LogP contribution in [0, 0.1) is 6.42 Å². The number of nitrogens with two attached hydrogens (primary N) is 1. The van der Waals surface area contributed by atoms with E-state index in [1.807, 2.05) is 0 Å². The number of hydrogen-bond acceptors (Lipinski definition) is 2. The van der Waals surface area contributed by atoms with Gasteiger partial charge in [0.05, 0.1) is 0 Å². The molecule has 1 unspecified atom stereocenters. The minimum absolute atomic E-state index is 0.706. The van der Waals surface area contributed by atoms with Crippen LogP contribution in [0.2, 0.25) is 0 Å². The lowest BCUT2D eigenvalue weighted by molar-refractivity contribution is -0.124. The molecule has 0 aromatic carbocycles. The molecule has 0 aliphatic heterocycles. The fourth-order valence-corrected chi connectivity index (χ4v) is 0.164. The molecule has 0 heterocycles. The summed E-state index contributed by atoms with van der Waals surface area (Å²) in [6, 6.07) is 0. The average molecular weight is 102 g/mol. The van der Waals surface area contributed by atoms with Crippen LogP contribution in [0.4, 0.5) is 0 Å². The van der Waals surface area contributed by atoms with E-state index < -0.39 is 12.0 Å². The summed E-state index contributed by atoms with van der Waals surface area (Å²) in [7, 11) is 0. The van der Waals surface area contributed by atoms with Gasteiger partial charge in [-0.1, -0.05) is 6.92 Å². The van der Waals surface area contributed by atoms with Gasteiger partial charge in [-0.25, -0.2) is 0 Å². The summed E-state index contributed by atoms with van der Waals surface area (Å²) in [5.74, 6) is -0.706. The van der Waals surface area contributed by atoms with E-state index in [-0.39, 0.29) is 0 Å². The molecule has 7 heavy (non-hydrogen) atoms. The highest BCUT2D eigenvalue weighted by Crippen LogP contribution is 1.82. The van der Waals surface area contributed by atoms with Crippen molar-refractivity contribution in [3.63, 3.8) is 0 Å². The Labute approximate surface area is 42.1 Å². The molecule has 0 spiro atoms. The molecule has 3 nitrogen and oxygen atoms in total. The summed E-state index contributed by atoms with van der Waals surface area (Å²) in [5.41, 5.74) is 4.63. The fourth-order valence-electron chi connectivity index (χ4n) is 0.164. The van der Waals surface area contributed by atoms with Crippen molar-refractivity contribution in [3.8, 4) is 0 Å². The highest BCUT2D eigenvalue weighted by molar-refractivity contribution is 5.79. The number of rotatable bonds is 2. The van der Waals surface area contributed by atoms with Crippen molar-refractivity contribution in [2.75, 3.05) is 0 Å². The number of carbonyl (C=O) groups is 1. The van der Waals surface area contributed by atoms with Gasteiger partial charge in [-0.15, -0.1) is 0 Å². The second-order valence-electron chi connectivity index (χ2n) is 1.18. The molecule has 0 saturated carbocycles. The van der Waals surface area contributed by atoms with E-state index in [4.69, 9.17) is 5.11 Å². The summed E-state index contributed by atoms with van der Waals surface area (Å²) >= 11 is 0. The maximum atomic E-state index is 9.87. The standard InChI is InChI=1S/C4H8NO2/c1-2-3(6)4(5)7/h2-3,6H,1H3,(H2,5,7). The van der Waals surface area contributed by atoms with Gasteiger partial charge in [0.15, 0.2) is 0 Å². The third kappa shape index (κ3) is 2.17. The lowest BCUT2D eigenvalue weighted by Gasteiger charge is -1.97. The second kappa shape index (κ2) is 2.58. The van der Waals surface area contributed by atoms with E-state index in [0.717, 1.165) is 0 Å². The summed E-state index contributed by atoms with van der Waals surface area (Å²) in [4.78, 5) is 9.87. The average Bonchev–Trinajstić information content (AvgIpc) is 1.65. The molecular weight excluding hydrogens is 94.0 g/mol. The number of aliphatic hydroxyl groups excluding tert-OH is 1. The molecule has 1 atom stereocenters. The predicted octanol–water partition coefficient (Wildman–Crippen LogP) is -0.943. The molecule has 0 bridgehead atoms. The van der Waals surface area contributed by atoms with E-state index in [1.165, 1.54) is 6.42 Å². The molecule has 3 N–H and O–H groups in total. The Morgan fingerprint density at radius 1 is 2.00 bits per heavy atom. The first kappa shape index (κ1) is 6.43. The first-order valence-electron chi connectivity index (χ1n) is 1.95. The van der Waals surface area contributed by atoms with Gasteiger partial charge in [-0.3, -0.25) is 4.79 Å². The Hall–Kier alpha value is -0.570. The molecule has 0 rings (SSSR count). The number of amides is 1. The second-order valence-corrected chi connectivity index (χ2v) is 1.18. The zero-order valence-corrected chi connectivity index (χ0v) is 4.09. The highest BCUT2D eigenvalue weighted by atomic mass is 16.3. The molecule has 0 saturated heterocycles. The van der Waals surface area contributed by atoms with Crippen molar-refractivity contribution in [1.82, 2.24) is 0 Å². The van der Waals surface area contributed by atoms with Crippen LogP contribution in [0.3, 0.4) is 0 Å². The number of primary amides is 1. The van der Waals surface area contributed by atoms with Crippen LogP contribution in [0.15, 0.2) is 0 Å². The number of hydrogen-bond donors (Lipinski definition) is 2. The van der Waals surface area contributed by atoms with Gasteiger partial charge in [0.25, 0.3) is 0 Å². The molecule has 0 aromatic heterocycles. The Morgan fingerprint density at radius 2 is 2.43 bits per heavy atom. The summed E-state index contributed by atoms with van der Waals surface area (Å²) in [6.45, 7) is 1.56. The largest absolute Gasteiger partial charge is 0.383 e. The normalized spacial score (nSPS) is 13.4. The van der Waals surface area contributed by atoms with Crippen molar-refractivity contribution in [3.05, 3.63) is 6.42 Å². The van der Waals surface area contributed by atoms with Crippen LogP contribution in [-0.4, -0.2) is 17.1 Å². The van der Waals surface area contributed by atoms with Crippen LogP contribution in [0.1, 0.15) is 6.92 Å². The van der Waals surface area contributed by atoms with E-state index in [2.05, 4.69) is 5.73 Å². The molecule has 3 heteroatoms. The van der Waals surface area contributed by atoms with Crippen LogP contribution in [-0.2, 0) is 4.79 Å². The van der Waals surface area contributed by atoms with Crippen molar-refractivity contribution >= 4 is 5.91 Å². The molecule has 0 aliphatic carbocycles. The quantitative estimate of drug-likeness (QED) is 0.472. The zero-order valence-electron chi connectivity index (χ0n) is 4.09. The van der Waals surface area contributed by atoms with Gasteiger partial charge < -0.3 is 10.8 Å². The lowest BCUT2D eigenvalue weighted by atomic mass is 10.3. The molecule has 0 fully saturated rings. The first-order valence-corrected chi connectivity index (χ1v) is 1.95. The molecule has 41 valence electrons. The summed E-state index contributed by atoms with van der Waals surface area (Å²) < 4.78 is 0. The Morgan fingerprint density at radius 3 is 2.43 bits per heavy atom. The Kier molecular flexibility index (Phi) is 2.37. The maximum absolute atomic E-state index is 9.87. The van der Waals surface area contributed by atoms with Crippen molar-refractivity contribution in [2.24, 2.45) is 5.73 Å². The third-order valence-corrected chi connectivity index (χ3v) is 0.607. The number of carbonyl (C=O) groups excluding carboxylic acids is 1. The van der Waals surface area contributed by atoms with Gasteiger partial charge in [0, 0.05) is 0 Å². The highest BCUT2D eigenvalue weighted by Gasteiger charge is 2.04. The van der Waals surface area contributed by atoms with Crippen molar-refractivity contribution < 1.29 is 9.90 Å². The van der Waals surface area contributed by atoms with Crippen molar-refractivity contribution in [2.45, 2.75) is 13.0 Å². The van der Waals surface area contributed by atoms with E-state index in [9.17, 15) is 4.79 Å². The van der Waals surface area contributed by atoms with Crippen LogP contribution < -0.4 is 5.73 Å². The van der Waals surface area contributed by atoms with E-state index >= 15 is 0 Å².